The monoisotopic (exact) mass is 439 g/mol. The molecule has 5 nitrogen and oxygen atoms in total. The fourth-order valence-corrected chi connectivity index (χ4v) is 3.68. The quantitative estimate of drug-likeness (QED) is 0.419. The van der Waals surface area contributed by atoms with Gasteiger partial charge in [0.05, 0.1) is 17.3 Å². The van der Waals surface area contributed by atoms with Crippen molar-refractivity contribution in [1.82, 2.24) is 14.1 Å². The third-order valence-electron chi connectivity index (χ3n) is 5.42. The van der Waals surface area contributed by atoms with Crippen LogP contribution in [0, 0.1) is 6.92 Å². The van der Waals surface area contributed by atoms with Crippen LogP contribution in [0.3, 0.4) is 0 Å². The van der Waals surface area contributed by atoms with Crippen LogP contribution in [-0.2, 0) is 19.3 Å². The summed E-state index contributed by atoms with van der Waals surface area (Å²) in [6.07, 6.45) is -1.03. The number of hydrogen-bond donors (Lipinski definition) is 0. The van der Waals surface area contributed by atoms with Crippen LogP contribution < -0.4 is 5.56 Å². The van der Waals surface area contributed by atoms with E-state index in [-0.39, 0.29) is 16.9 Å². The summed E-state index contributed by atoms with van der Waals surface area (Å²) in [6, 6.07) is 11.0. The molecule has 0 aliphatic carbocycles. The molecule has 0 saturated heterocycles. The van der Waals surface area contributed by atoms with Gasteiger partial charge in [-0.2, -0.15) is 13.2 Å². The number of nitrogens with zero attached hydrogens (tertiary/aromatic N) is 3. The van der Waals surface area contributed by atoms with E-state index in [0.717, 1.165) is 23.3 Å². The average molecular weight is 439 g/mol. The van der Waals surface area contributed by atoms with Gasteiger partial charge in [-0.3, -0.25) is 14.2 Å². The Morgan fingerprint density at radius 2 is 1.56 bits per heavy atom. The van der Waals surface area contributed by atoms with Crippen molar-refractivity contribution in [2.45, 2.75) is 33.1 Å². The molecule has 32 heavy (non-hydrogen) atoms. The summed E-state index contributed by atoms with van der Waals surface area (Å²) in [5, 5.41) is 0.587. The standard InChI is InChI=1S/C24H20F3N3O2/c1-3-29-14-28-22-20(23(29)32)15(2)12-30(22)13-16-4-6-17(7-5-16)21(31)18-8-10-19(11-9-18)24(25,26)27/h4-12,14H,3,13H2,1-2H3. The minimum absolute atomic E-state index is 0.0776. The van der Waals surface area contributed by atoms with Gasteiger partial charge in [0.2, 0.25) is 0 Å². The molecule has 8 heteroatoms. The lowest BCUT2D eigenvalue weighted by Gasteiger charge is -2.09. The summed E-state index contributed by atoms with van der Waals surface area (Å²) >= 11 is 0. The van der Waals surface area contributed by atoms with E-state index in [2.05, 4.69) is 4.98 Å². The smallest absolute Gasteiger partial charge is 0.328 e. The van der Waals surface area contributed by atoms with Crippen molar-refractivity contribution in [1.29, 1.82) is 0 Å². The van der Waals surface area contributed by atoms with Crippen molar-refractivity contribution in [3.63, 3.8) is 0 Å². The van der Waals surface area contributed by atoms with Crippen LogP contribution in [0.1, 0.15) is 39.5 Å². The van der Waals surface area contributed by atoms with Crippen LogP contribution in [0.4, 0.5) is 13.2 Å². The summed E-state index contributed by atoms with van der Waals surface area (Å²) in [5.41, 5.74) is 2.04. The molecule has 4 aromatic rings. The third-order valence-corrected chi connectivity index (χ3v) is 5.42. The molecule has 0 radical (unpaired) electrons. The van der Waals surface area contributed by atoms with E-state index in [1.54, 1.807) is 28.8 Å². The Balaban J connectivity index is 1.56. The van der Waals surface area contributed by atoms with Gasteiger partial charge in [0.15, 0.2) is 5.78 Å². The molecule has 0 unspecified atom stereocenters. The molecule has 0 atom stereocenters. The summed E-state index contributed by atoms with van der Waals surface area (Å²) in [6.45, 7) is 4.75. The molecule has 164 valence electrons. The zero-order valence-corrected chi connectivity index (χ0v) is 17.5. The van der Waals surface area contributed by atoms with E-state index in [4.69, 9.17) is 0 Å². The van der Waals surface area contributed by atoms with Gasteiger partial charge < -0.3 is 4.57 Å². The molecule has 0 amide bonds. The Morgan fingerprint density at radius 1 is 0.969 bits per heavy atom. The highest BCUT2D eigenvalue weighted by atomic mass is 19.4. The Hall–Kier alpha value is -3.68. The van der Waals surface area contributed by atoms with E-state index >= 15 is 0 Å². The number of alkyl halides is 3. The van der Waals surface area contributed by atoms with Crippen molar-refractivity contribution in [2.24, 2.45) is 0 Å². The molecule has 0 aliphatic rings. The van der Waals surface area contributed by atoms with Crippen molar-refractivity contribution >= 4 is 16.8 Å². The number of ketones is 1. The maximum atomic E-state index is 12.7. The maximum Gasteiger partial charge on any atom is 0.416 e. The second-order valence-electron chi connectivity index (χ2n) is 7.58. The van der Waals surface area contributed by atoms with Gasteiger partial charge >= 0.3 is 6.18 Å². The minimum atomic E-state index is -4.44. The molecule has 2 aromatic carbocycles. The first-order valence-electron chi connectivity index (χ1n) is 10.0. The van der Waals surface area contributed by atoms with E-state index < -0.39 is 11.7 Å². The molecule has 0 N–H and O–H groups in total. The normalized spacial score (nSPS) is 11.8. The van der Waals surface area contributed by atoms with Crippen molar-refractivity contribution in [3.05, 3.63) is 99.2 Å². The van der Waals surface area contributed by atoms with E-state index in [1.807, 2.05) is 24.6 Å². The van der Waals surface area contributed by atoms with Crippen LogP contribution >= 0.6 is 0 Å². The Bertz CT molecular complexity index is 1350. The number of aromatic nitrogens is 3. The number of benzene rings is 2. The minimum Gasteiger partial charge on any atom is -0.328 e. The number of carbonyl (C=O) groups is 1. The Morgan fingerprint density at radius 3 is 2.12 bits per heavy atom. The van der Waals surface area contributed by atoms with E-state index in [1.165, 1.54) is 18.5 Å². The number of halogens is 3. The van der Waals surface area contributed by atoms with E-state index in [9.17, 15) is 22.8 Å². The lowest BCUT2D eigenvalue weighted by atomic mass is 10.0. The lowest BCUT2D eigenvalue weighted by Crippen LogP contribution is -2.20. The lowest BCUT2D eigenvalue weighted by molar-refractivity contribution is -0.137. The topological polar surface area (TPSA) is 56.9 Å². The molecule has 0 bridgehead atoms. The number of hydrogen-bond acceptors (Lipinski definition) is 3. The Labute approximate surface area is 181 Å². The highest BCUT2D eigenvalue weighted by Gasteiger charge is 2.30. The van der Waals surface area contributed by atoms with Gasteiger partial charge in [-0.25, -0.2) is 4.98 Å². The molecule has 0 fully saturated rings. The SMILES string of the molecule is CCn1cnc2c(c(C)cn2Cc2ccc(C(=O)c3ccc(C(F)(F)F)cc3)cc2)c1=O. The molecule has 0 aliphatic heterocycles. The number of fused-ring (bicyclic) bond motifs is 1. The van der Waals surface area contributed by atoms with Crippen molar-refractivity contribution in [2.75, 3.05) is 0 Å². The summed E-state index contributed by atoms with van der Waals surface area (Å²) < 4.78 is 41.6. The first-order valence-corrected chi connectivity index (χ1v) is 10.0. The summed E-state index contributed by atoms with van der Waals surface area (Å²) in [7, 11) is 0. The molecule has 0 saturated carbocycles. The zero-order valence-electron chi connectivity index (χ0n) is 17.5. The van der Waals surface area contributed by atoms with Gasteiger partial charge in [0, 0.05) is 30.4 Å². The maximum absolute atomic E-state index is 12.7. The average Bonchev–Trinajstić information content (AvgIpc) is 3.09. The van der Waals surface area contributed by atoms with Crippen LogP contribution in [0.15, 0.2) is 65.8 Å². The van der Waals surface area contributed by atoms with Crippen LogP contribution in [0.5, 0.6) is 0 Å². The highest BCUT2D eigenvalue weighted by molar-refractivity contribution is 6.09. The van der Waals surface area contributed by atoms with Crippen LogP contribution in [0.25, 0.3) is 11.0 Å². The van der Waals surface area contributed by atoms with E-state index in [0.29, 0.717) is 29.7 Å². The van der Waals surface area contributed by atoms with Gasteiger partial charge in [-0.1, -0.05) is 36.4 Å². The molecular weight excluding hydrogens is 419 g/mol. The third kappa shape index (κ3) is 3.95. The van der Waals surface area contributed by atoms with Crippen molar-refractivity contribution < 1.29 is 18.0 Å². The molecular formula is C24H20F3N3O2. The predicted molar refractivity (Wildman–Crippen MR) is 115 cm³/mol. The summed E-state index contributed by atoms with van der Waals surface area (Å²) in [4.78, 5) is 29.6. The van der Waals surface area contributed by atoms with Crippen LogP contribution in [-0.4, -0.2) is 19.9 Å². The van der Waals surface area contributed by atoms with Gasteiger partial charge in [0.25, 0.3) is 5.56 Å². The van der Waals surface area contributed by atoms with Gasteiger partial charge in [0.1, 0.15) is 5.65 Å². The first kappa shape index (κ1) is 21.5. The molecule has 2 aromatic heterocycles. The number of carbonyl (C=O) groups excluding carboxylic acids is 1. The van der Waals surface area contributed by atoms with Gasteiger partial charge in [-0.15, -0.1) is 0 Å². The van der Waals surface area contributed by atoms with Gasteiger partial charge in [-0.05, 0) is 37.1 Å². The fraction of sp³-hybridized carbons (Fsp3) is 0.208. The largest absolute Gasteiger partial charge is 0.416 e. The summed E-state index contributed by atoms with van der Waals surface area (Å²) in [5.74, 6) is -0.352. The first-order chi connectivity index (χ1) is 15.2. The zero-order chi connectivity index (χ0) is 23.0. The molecule has 0 spiro atoms. The molecule has 4 rings (SSSR count). The second kappa shape index (κ2) is 8.11. The number of rotatable bonds is 5. The predicted octanol–water partition coefficient (Wildman–Crippen LogP) is 4.82. The highest BCUT2D eigenvalue weighted by Crippen LogP contribution is 2.29. The van der Waals surface area contributed by atoms with Crippen LogP contribution in [0.2, 0.25) is 0 Å². The van der Waals surface area contributed by atoms with Crippen molar-refractivity contribution in [3.8, 4) is 0 Å². The molecule has 2 heterocycles. The fourth-order valence-electron chi connectivity index (χ4n) is 3.68. The second-order valence-corrected chi connectivity index (χ2v) is 7.58. The Kier molecular flexibility index (Phi) is 5.46. The number of aryl methyl sites for hydroxylation is 2.